The van der Waals surface area contributed by atoms with Gasteiger partial charge in [0.1, 0.15) is 6.61 Å². The summed E-state index contributed by atoms with van der Waals surface area (Å²) in [6.45, 7) is 7.52. The lowest BCUT2D eigenvalue weighted by atomic mass is 10.1. The Morgan fingerprint density at radius 1 is 0.371 bits per heavy atom. The highest BCUT2D eigenvalue weighted by atomic mass is 16.6. The van der Waals surface area contributed by atoms with Gasteiger partial charge in [-0.3, -0.25) is 9.59 Å². The molecule has 0 aliphatic rings. The van der Waals surface area contributed by atoms with E-state index in [1.54, 1.807) is 0 Å². The fraction of sp³-hybridized carbons (Fsp3) is 0.684. The predicted molar refractivity (Wildman–Crippen MR) is 270 cm³/mol. The van der Waals surface area contributed by atoms with Crippen LogP contribution in [0.15, 0.2) is 97.2 Å². The molecule has 0 aliphatic carbocycles. The van der Waals surface area contributed by atoms with Gasteiger partial charge in [0.15, 0.2) is 6.10 Å². The lowest BCUT2D eigenvalue weighted by Crippen LogP contribution is -2.30. The number of allylic oxidation sites excluding steroid dienone is 16. The number of esters is 2. The third-order valence-corrected chi connectivity index (χ3v) is 10.6. The van der Waals surface area contributed by atoms with Gasteiger partial charge in [0.2, 0.25) is 0 Å². The molecule has 0 aromatic heterocycles. The van der Waals surface area contributed by atoms with Crippen molar-refractivity contribution in [3.05, 3.63) is 97.2 Å². The molecular formula is C57H96O5. The molecule has 0 bridgehead atoms. The Bertz CT molecular complexity index is 1200. The number of rotatable bonds is 46. The minimum absolute atomic E-state index is 0.0563. The number of ether oxygens (including phenoxy) is 3. The van der Waals surface area contributed by atoms with Gasteiger partial charge in [-0.15, -0.1) is 0 Å². The minimum Gasteiger partial charge on any atom is -0.462 e. The maximum atomic E-state index is 12.8. The molecule has 1 unspecified atom stereocenters. The molecule has 0 N–H and O–H groups in total. The van der Waals surface area contributed by atoms with Crippen LogP contribution in [0.1, 0.15) is 226 Å². The quantitative estimate of drug-likeness (QED) is 0.0347. The molecule has 0 heterocycles. The van der Waals surface area contributed by atoms with Crippen LogP contribution in [0.3, 0.4) is 0 Å². The summed E-state index contributed by atoms with van der Waals surface area (Å²) >= 11 is 0. The highest BCUT2D eigenvalue weighted by molar-refractivity contribution is 5.70. The van der Waals surface area contributed by atoms with Crippen molar-refractivity contribution in [1.29, 1.82) is 0 Å². The van der Waals surface area contributed by atoms with Crippen LogP contribution in [0.4, 0.5) is 0 Å². The number of hydrogen-bond donors (Lipinski definition) is 0. The Balaban J connectivity index is 4.37. The Hall–Kier alpha value is -3.18. The summed E-state index contributed by atoms with van der Waals surface area (Å²) in [5.74, 6) is -0.462. The highest BCUT2D eigenvalue weighted by Crippen LogP contribution is 2.13. The average Bonchev–Trinajstić information content (AvgIpc) is 3.27. The third-order valence-electron chi connectivity index (χ3n) is 10.6. The van der Waals surface area contributed by atoms with Crippen molar-refractivity contribution in [2.75, 3.05) is 19.8 Å². The van der Waals surface area contributed by atoms with Crippen LogP contribution >= 0.6 is 0 Å². The summed E-state index contributed by atoms with van der Waals surface area (Å²) in [6, 6.07) is 0. The maximum absolute atomic E-state index is 12.8. The Morgan fingerprint density at radius 3 is 1.21 bits per heavy atom. The van der Waals surface area contributed by atoms with Crippen LogP contribution in [-0.2, 0) is 23.8 Å². The van der Waals surface area contributed by atoms with Crippen molar-refractivity contribution < 1.29 is 23.8 Å². The van der Waals surface area contributed by atoms with E-state index < -0.39 is 6.10 Å². The number of unbranched alkanes of at least 4 members (excludes halogenated alkanes) is 19. The van der Waals surface area contributed by atoms with Gasteiger partial charge < -0.3 is 14.2 Å². The van der Waals surface area contributed by atoms with Crippen LogP contribution in [0.2, 0.25) is 0 Å². The molecule has 0 fully saturated rings. The van der Waals surface area contributed by atoms with Crippen LogP contribution < -0.4 is 0 Å². The van der Waals surface area contributed by atoms with E-state index in [1.165, 1.54) is 89.9 Å². The van der Waals surface area contributed by atoms with Crippen LogP contribution in [0.5, 0.6) is 0 Å². The zero-order valence-corrected chi connectivity index (χ0v) is 40.6. The maximum Gasteiger partial charge on any atom is 0.306 e. The molecule has 0 aliphatic heterocycles. The molecule has 0 saturated heterocycles. The summed E-state index contributed by atoms with van der Waals surface area (Å²) < 4.78 is 17.4. The van der Waals surface area contributed by atoms with Gasteiger partial charge in [-0.2, -0.15) is 0 Å². The normalized spacial score (nSPS) is 13.0. The van der Waals surface area contributed by atoms with Gasteiger partial charge in [0, 0.05) is 19.4 Å². The molecule has 62 heavy (non-hydrogen) atoms. The second-order valence-corrected chi connectivity index (χ2v) is 16.7. The summed E-state index contributed by atoms with van der Waals surface area (Å²) in [5.41, 5.74) is 0. The second kappa shape index (κ2) is 52.2. The Kier molecular flexibility index (Phi) is 49.5. The van der Waals surface area contributed by atoms with E-state index in [2.05, 4.69) is 118 Å². The Labute approximate surface area is 383 Å². The molecule has 1 atom stereocenters. The molecule has 5 heteroatoms. The summed E-state index contributed by atoms with van der Waals surface area (Å²) in [5, 5.41) is 0. The van der Waals surface area contributed by atoms with Gasteiger partial charge in [-0.25, -0.2) is 0 Å². The standard InChI is InChI=1S/C57H96O5/c1-4-7-10-13-16-19-22-25-28-29-31-32-35-38-41-44-47-50-56(58)61-54-55(53-60-52-49-46-43-40-37-34-27-24-21-18-15-12-9-6-3)62-57(59)51-48-45-42-39-36-33-30-26-23-20-17-14-11-8-5-2/h7-8,10-11,16-17,19-21,24-26,28,30,36,39,55H,4-6,9,12-15,18,22-23,27,29,31-35,37-38,40-54H2,1-3H3/b10-7-,11-8-,19-16-,20-17-,24-21-,28-25-,30-26-,39-36-. The zero-order valence-electron chi connectivity index (χ0n) is 40.6. The first-order valence-corrected chi connectivity index (χ1v) is 25.8. The van der Waals surface area contributed by atoms with E-state index in [4.69, 9.17) is 14.2 Å². The molecule has 0 saturated carbocycles. The van der Waals surface area contributed by atoms with Crippen molar-refractivity contribution in [2.24, 2.45) is 0 Å². The first-order valence-electron chi connectivity index (χ1n) is 25.8. The van der Waals surface area contributed by atoms with E-state index in [0.29, 0.717) is 19.4 Å². The first kappa shape index (κ1) is 58.8. The van der Waals surface area contributed by atoms with Gasteiger partial charge >= 0.3 is 11.9 Å². The zero-order chi connectivity index (χ0) is 44.9. The fourth-order valence-corrected chi connectivity index (χ4v) is 6.80. The number of carbonyl (C=O) groups is 2. The Morgan fingerprint density at radius 2 is 0.726 bits per heavy atom. The lowest BCUT2D eigenvalue weighted by molar-refractivity contribution is -0.163. The molecule has 0 amide bonds. The van der Waals surface area contributed by atoms with Crippen molar-refractivity contribution in [3.8, 4) is 0 Å². The molecule has 0 spiro atoms. The fourth-order valence-electron chi connectivity index (χ4n) is 6.80. The molecule has 0 rings (SSSR count). The molecule has 0 aromatic rings. The monoisotopic (exact) mass is 861 g/mol. The molecule has 5 nitrogen and oxygen atoms in total. The summed E-state index contributed by atoms with van der Waals surface area (Å²) in [4.78, 5) is 25.4. The molecule has 0 radical (unpaired) electrons. The summed E-state index contributed by atoms with van der Waals surface area (Å²) in [7, 11) is 0. The van der Waals surface area contributed by atoms with Gasteiger partial charge in [-0.1, -0.05) is 195 Å². The first-order chi connectivity index (χ1) is 30.6. The number of carbonyl (C=O) groups excluding carboxylic acids is 2. The van der Waals surface area contributed by atoms with Crippen molar-refractivity contribution >= 4 is 11.9 Å². The van der Waals surface area contributed by atoms with Crippen molar-refractivity contribution in [1.82, 2.24) is 0 Å². The second-order valence-electron chi connectivity index (χ2n) is 16.7. The predicted octanol–water partition coefficient (Wildman–Crippen LogP) is 17.5. The molecular weight excluding hydrogens is 765 g/mol. The SMILES string of the molecule is CC/C=C\C/C=C\C/C=C\C/C=C\CCCCC(=O)OC(COCCCCCCCC/C=C\CCCCCC)COC(=O)CCCCCCCCC/C=C\C/C=C\C/C=C\CC. The smallest absolute Gasteiger partial charge is 0.306 e. The number of hydrogen-bond acceptors (Lipinski definition) is 5. The summed E-state index contributed by atoms with van der Waals surface area (Å²) in [6.07, 6.45) is 69.9. The highest BCUT2D eigenvalue weighted by Gasteiger charge is 2.17. The van der Waals surface area contributed by atoms with E-state index >= 15 is 0 Å². The average molecular weight is 861 g/mol. The topological polar surface area (TPSA) is 61.8 Å². The molecule has 354 valence electrons. The van der Waals surface area contributed by atoms with Crippen molar-refractivity contribution in [3.63, 3.8) is 0 Å². The van der Waals surface area contributed by atoms with Crippen LogP contribution in [-0.4, -0.2) is 37.9 Å². The van der Waals surface area contributed by atoms with Crippen LogP contribution in [0, 0.1) is 0 Å². The van der Waals surface area contributed by atoms with Gasteiger partial charge in [0.25, 0.3) is 0 Å². The largest absolute Gasteiger partial charge is 0.462 e. The van der Waals surface area contributed by atoms with Crippen molar-refractivity contribution in [2.45, 2.75) is 232 Å². The minimum atomic E-state index is -0.570. The lowest BCUT2D eigenvalue weighted by Gasteiger charge is -2.18. The van der Waals surface area contributed by atoms with Gasteiger partial charge in [-0.05, 0) is 116 Å². The van der Waals surface area contributed by atoms with E-state index in [0.717, 1.165) is 103 Å². The third kappa shape index (κ3) is 49.5. The van der Waals surface area contributed by atoms with Gasteiger partial charge in [0.05, 0.1) is 6.61 Å². The van der Waals surface area contributed by atoms with E-state index in [9.17, 15) is 9.59 Å². The van der Waals surface area contributed by atoms with Crippen LogP contribution in [0.25, 0.3) is 0 Å². The molecule has 0 aromatic carbocycles. The van der Waals surface area contributed by atoms with E-state index in [1.807, 2.05) is 0 Å². The van der Waals surface area contributed by atoms with E-state index in [-0.39, 0.29) is 25.2 Å².